The number of carbonyl (C=O) groups excluding carboxylic acids is 1. The lowest BCUT2D eigenvalue weighted by Crippen LogP contribution is -2.38. The third-order valence-electron chi connectivity index (χ3n) is 5.49. The average molecular weight is 383 g/mol. The Kier molecular flexibility index (Phi) is 5.19. The molecule has 4 rings (SSSR count). The molecule has 7 heteroatoms. The second kappa shape index (κ2) is 7.77. The van der Waals surface area contributed by atoms with E-state index in [-0.39, 0.29) is 25.2 Å². The Morgan fingerprint density at radius 2 is 2.21 bits per heavy atom. The van der Waals surface area contributed by atoms with Crippen molar-refractivity contribution in [2.45, 2.75) is 25.4 Å². The summed E-state index contributed by atoms with van der Waals surface area (Å²) in [4.78, 5) is 18.7. The summed E-state index contributed by atoms with van der Waals surface area (Å²) in [6.45, 7) is 3.06. The Bertz CT molecular complexity index is 886. The Balaban J connectivity index is 1.85. The third-order valence-corrected chi connectivity index (χ3v) is 5.49. The number of aryl methyl sites for hydroxylation is 1. The standard InChI is InChI=1S/C21H25N3O4/c1-13-3-4-15(22-2)10-17(13)14-9-18-16-5-8-27-12-19(16)28-21(26)24(6-7-25)20(18)23-11-14/h3-4,9-11,16,19,22,25H,5-8,12H2,1-2H3. The van der Waals surface area contributed by atoms with Crippen LogP contribution in [0.4, 0.5) is 16.3 Å². The molecule has 2 unspecified atom stereocenters. The van der Waals surface area contributed by atoms with Gasteiger partial charge >= 0.3 is 6.09 Å². The number of β-amino-alcohol motifs (C(OH)–C–C–N with tert-alkyl or cyclic N) is 1. The number of carbonyl (C=O) groups is 1. The summed E-state index contributed by atoms with van der Waals surface area (Å²) >= 11 is 0. The van der Waals surface area contributed by atoms with E-state index >= 15 is 0 Å². The minimum absolute atomic E-state index is 0.0247. The van der Waals surface area contributed by atoms with Gasteiger partial charge in [0.25, 0.3) is 0 Å². The molecule has 2 N–H and O–H groups in total. The van der Waals surface area contributed by atoms with Crippen molar-refractivity contribution in [3.05, 3.63) is 41.6 Å². The number of aromatic nitrogens is 1. The minimum Gasteiger partial charge on any atom is -0.443 e. The molecule has 2 atom stereocenters. The van der Waals surface area contributed by atoms with Gasteiger partial charge in [-0.25, -0.2) is 9.78 Å². The highest BCUT2D eigenvalue weighted by atomic mass is 16.6. The van der Waals surface area contributed by atoms with Crippen LogP contribution in [0.3, 0.4) is 0 Å². The van der Waals surface area contributed by atoms with Crippen LogP contribution in [0.5, 0.6) is 0 Å². The summed E-state index contributed by atoms with van der Waals surface area (Å²) in [5, 5.41) is 12.6. The molecule has 0 radical (unpaired) electrons. The lowest BCUT2D eigenvalue weighted by molar-refractivity contribution is -0.0259. The number of pyridine rings is 1. The number of benzene rings is 1. The fourth-order valence-corrected chi connectivity index (χ4v) is 3.97. The molecule has 1 aromatic heterocycles. The summed E-state index contributed by atoms with van der Waals surface area (Å²) in [5.41, 5.74) is 5.24. The van der Waals surface area contributed by atoms with E-state index in [0.717, 1.165) is 34.4 Å². The van der Waals surface area contributed by atoms with E-state index in [1.165, 1.54) is 4.90 Å². The molecule has 1 saturated heterocycles. The van der Waals surface area contributed by atoms with Crippen molar-refractivity contribution >= 4 is 17.6 Å². The summed E-state index contributed by atoms with van der Waals surface area (Å²) in [5.74, 6) is 0.594. The molecule has 0 spiro atoms. The topological polar surface area (TPSA) is 83.9 Å². The molecule has 28 heavy (non-hydrogen) atoms. The van der Waals surface area contributed by atoms with Gasteiger partial charge in [0.1, 0.15) is 11.9 Å². The second-order valence-electron chi connectivity index (χ2n) is 7.18. The maximum absolute atomic E-state index is 12.6. The van der Waals surface area contributed by atoms with Gasteiger partial charge < -0.3 is 19.9 Å². The highest BCUT2D eigenvalue weighted by Gasteiger charge is 2.39. The van der Waals surface area contributed by atoms with Crippen LogP contribution in [-0.2, 0) is 9.47 Å². The van der Waals surface area contributed by atoms with Gasteiger partial charge in [0.2, 0.25) is 0 Å². The van der Waals surface area contributed by atoms with E-state index in [1.807, 2.05) is 13.1 Å². The van der Waals surface area contributed by atoms with Gasteiger partial charge in [-0.1, -0.05) is 6.07 Å². The second-order valence-corrected chi connectivity index (χ2v) is 7.18. The van der Waals surface area contributed by atoms with Crippen molar-refractivity contribution in [2.24, 2.45) is 0 Å². The summed E-state index contributed by atoms with van der Waals surface area (Å²) in [7, 11) is 1.89. The molecule has 148 valence electrons. The number of aliphatic hydroxyl groups is 1. The number of rotatable bonds is 4. The van der Waals surface area contributed by atoms with E-state index in [0.29, 0.717) is 19.0 Å². The van der Waals surface area contributed by atoms with E-state index < -0.39 is 6.09 Å². The number of amides is 1. The maximum atomic E-state index is 12.6. The van der Waals surface area contributed by atoms with Gasteiger partial charge in [0.05, 0.1) is 19.8 Å². The third kappa shape index (κ3) is 3.31. The van der Waals surface area contributed by atoms with Crippen molar-refractivity contribution in [2.75, 3.05) is 43.6 Å². The summed E-state index contributed by atoms with van der Waals surface area (Å²) in [6, 6.07) is 8.33. The van der Waals surface area contributed by atoms with Crippen LogP contribution < -0.4 is 10.2 Å². The fraction of sp³-hybridized carbons (Fsp3) is 0.429. The van der Waals surface area contributed by atoms with Crippen LogP contribution in [-0.4, -0.2) is 55.7 Å². The van der Waals surface area contributed by atoms with Crippen molar-refractivity contribution in [3.63, 3.8) is 0 Å². The normalized spacial score (nSPS) is 21.4. The van der Waals surface area contributed by atoms with Gasteiger partial charge in [-0.3, -0.25) is 4.90 Å². The van der Waals surface area contributed by atoms with Gasteiger partial charge in [-0.2, -0.15) is 0 Å². The zero-order chi connectivity index (χ0) is 19.7. The zero-order valence-corrected chi connectivity index (χ0v) is 16.1. The van der Waals surface area contributed by atoms with Crippen molar-refractivity contribution in [1.29, 1.82) is 0 Å². The van der Waals surface area contributed by atoms with Crippen LogP contribution in [0, 0.1) is 6.92 Å². The van der Waals surface area contributed by atoms with Crippen molar-refractivity contribution < 1.29 is 19.4 Å². The predicted molar refractivity (Wildman–Crippen MR) is 107 cm³/mol. The highest BCUT2D eigenvalue weighted by Crippen LogP contribution is 2.40. The lowest BCUT2D eigenvalue weighted by Gasteiger charge is -2.29. The number of anilines is 2. The van der Waals surface area contributed by atoms with Gasteiger partial charge in [0, 0.05) is 42.6 Å². The Labute approximate surface area is 164 Å². The molecule has 0 bridgehead atoms. The Morgan fingerprint density at radius 1 is 1.36 bits per heavy atom. The monoisotopic (exact) mass is 383 g/mol. The van der Waals surface area contributed by atoms with E-state index in [2.05, 4.69) is 35.4 Å². The maximum Gasteiger partial charge on any atom is 0.415 e. The van der Waals surface area contributed by atoms with E-state index in [4.69, 9.17) is 9.47 Å². The van der Waals surface area contributed by atoms with Crippen LogP contribution in [0.15, 0.2) is 30.5 Å². The van der Waals surface area contributed by atoms with Crippen LogP contribution in [0.2, 0.25) is 0 Å². The van der Waals surface area contributed by atoms with Crippen molar-refractivity contribution in [1.82, 2.24) is 4.98 Å². The molecule has 1 aromatic carbocycles. The first-order chi connectivity index (χ1) is 13.6. The molecular weight excluding hydrogens is 358 g/mol. The quantitative estimate of drug-likeness (QED) is 0.845. The smallest absolute Gasteiger partial charge is 0.415 e. The number of aliphatic hydroxyl groups excluding tert-OH is 1. The molecule has 7 nitrogen and oxygen atoms in total. The predicted octanol–water partition coefficient (Wildman–Crippen LogP) is 2.92. The van der Waals surface area contributed by atoms with Crippen LogP contribution >= 0.6 is 0 Å². The number of hydrogen-bond acceptors (Lipinski definition) is 6. The molecule has 0 saturated carbocycles. The van der Waals surface area contributed by atoms with Gasteiger partial charge in [-0.15, -0.1) is 0 Å². The zero-order valence-electron chi connectivity index (χ0n) is 16.1. The SMILES string of the molecule is CNc1ccc(C)c(-c2cnc3c(c2)C2CCOCC2OC(=O)N3CCO)c1. The van der Waals surface area contributed by atoms with Gasteiger partial charge in [-0.05, 0) is 42.7 Å². The highest BCUT2D eigenvalue weighted by molar-refractivity contribution is 5.89. The first-order valence-corrected chi connectivity index (χ1v) is 9.58. The molecule has 1 fully saturated rings. The molecule has 2 aromatic rings. The van der Waals surface area contributed by atoms with Gasteiger partial charge in [0.15, 0.2) is 0 Å². The first kappa shape index (κ1) is 18.7. The summed E-state index contributed by atoms with van der Waals surface area (Å²) < 4.78 is 11.2. The largest absolute Gasteiger partial charge is 0.443 e. The van der Waals surface area contributed by atoms with Crippen LogP contribution in [0.1, 0.15) is 23.5 Å². The number of fused-ring (bicyclic) bond motifs is 3. The lowest BCUT2D eigenvalue weighted by atomic mass is 9.87. The molecule has 1 amide bonds. The molecule has 2 aliphatic rings. The van der Waals surface area contributed by atoms with E-state index in [1.54, 1.807) is 6.20 Å². The first-order valence-electron chi connectivity index (χ1n) is 9.58. The Morgan fingerprint density at radius 3 is 3.00 bits per heavy atom. The number of nitrogens with zero attached hydrogens (tertiary/aromatic N) is 2. The molecule has 0 aliphatic carbocycles. The molecular formula is C21H25N3O4. The number of nitrogens with one attached hydrogen (secondary N) is 1. The van der Waals surface area contributed by atoms with Crippen molar-refractivity contribution in [3.8, 4) is 11.1 Å². The van der Waals surface area contributed by atoms with E-state index in [9.17, 15) is 9.90 Å². The molecule has 3 heterocycles. The summed E-state index contributed by atoms with van der Waals surface area (Å²) in [6.07, 6.45) is 1.73. The number of hydrogen-bond donors (Lipinski definition) is 2. The minimum atomic E-state index is -0.484. The Hall–Kier alpha value is -2.64. The fourth-order valence-electron chi connectivity index (χ4n) is 3.97. The molecule has 2 aliphatic heterocycles. The average Bonchev–Trinajstić information content (AvgIpc) is 2.83. The number of ether oxygens (including phenoxy) is 2. The van der Waals surface area contributed by atoms with Crippen LogP contribution in [0.25, 0.3) is 11.1 Å².